The highest BCUT2D eigenvalue weighted by Crippen LogP contribution is 2.44. The molecule has 1 fully saturated rings. The number of nitrogens with one attached hydrogen (secondary N) is 1. The largest absolute Gasteiger partial charge is 0.480 e. The van der Waals surface area contributed by atoms with Gasteiger partial charge in [0.1, 0.15) is 18.5 Å². The molecule has 2 N–H and O–H groups in total. The van der Waals surface area contributed by atoms with Crippen molar-refractivity contribution in [1.82, 2.24) is 10.3 Å². The quantitative estimate of drug-likeness (QED) is 0.515. The van der Waals surface area contributed by atoms with Crippen LogP contribution >= 0.6 is 11.8 Å². The van der Waals surface area contributed by atoms with Crippen molar-refractivity contribution in [1.29, 1.82) is 0 Å². The van der Waals surface area contributed by atoms with E-state index in [2.05, 4.69) is 27.3 Å². The van der Waals surface area contributed by atoms with E-state index in [0.717, 1.165) is 58.2 Å². The van der Waals surface area contributed by atoms with Crippen LogP contribution in [0.1, 0.15) is 22.6 Å². The number of aromatic nitrogens is 1. The number of pyridine rings is 1. The summed E-state index contributed by atoms with van der Waals surface area (Å²) in [6.45, 7) is 2.05. The van der Waals surface area contributed by atoms with E-state index in [9.17, 15) is 14.7 Å². The zero-order chi connectivity index (χ0) is 24.2. The fraction of sp³-hybridized carbons (Fsp3) is 0.296. The molecule has 35 heavy (non-hydrogen) atoms. The number of hydrogen-bond donors (Lipinski definition) is 2. The number of rotatable bonds is 7. The van der Waals surface area contributed by atoms with Crippen LogP contribution in [0.5, 0.6) is 0 Å². The third-order valence-corrected chi connectivity index (χ3v) is 7.46. The monoisotopic (exact) mass is 489 g/mol. The van der Waals surface area contributed by atoms with Crippen LogP contribution in [0.25, 0.3) is 11.1 Å². The Morgan fingerprint density at radius 2 is 1.69 bits per heavy atom. The molecule has 0 spiro atoms. The van der Waals surface area contributed by atoms with Crippen molar-refractivity contribution in [3.63, 3.8) is 0 Å². The SMILES string of the molecule is O=C(NC(Cc1ccc(N2CCSCC2)nc1)C(=O)O)OCC1c2ccccc2-c2ccccc21. The van der Waals surface area contributed by atoms with E-state index in [1.54, 1.807) is 6.20 Å². The Balaban J connectivity index is 1.20. The van der Waals surface area contributed by atoms with Gasteiger partial charge in [-0.2, -0.15) is 11.8 Å². The van der Waals surface area contributed by atoms with Crippen LogP contribution in [0.3, 0.4) is 0 Å². The Kier molecular flexibility index (Phi) is 6.90. The number of carbonyl (C=O) groups excluding carboxylic acids is 1. The number of carbonyl (C=O) groups is 2. The lowest BCUT2D eigenvalue weighted by Crippen LogP contribution is -2.43. The van der Waals surface area contributed by atoms with Crippen LogP contribution in [0.4, 0.5) is 10.6 Å². The van der Waals surface area contributed by atoms with Crippen LogP contribution in [0, 0.1) is 0 Å². The first-order valence-electron chi connectivity index (χ1n) is 11.7. The summed E-state index contributed by atoms with van der Waals surface area (Å²) in [4.78, 5) is 31.1. The minimum absolute atomic E-state index is 0.0821. The molecule has 1 saturated heterocycles. The maximum absolute atomic E-state index is 12.6. The third-order valence-electron chi connectivity index (χ3n) is 6.52. The van der Waals surface area contributed by atoms with Crippen molar-refractivity contribution in [2.45, 2.75) is 18.4 Å². The van der Waals surface area contributed by atoms with Crippen molar-refractivity contribution >= 4 is 29.6 Å². The van der Waals surface area contributed by atoms with Gasteiger partial charge in [0.2, 0.25) is 0 Å². The third kappa shape index (κ3) is 5.12. The molecule has 8 heteroatoms. The number of carboxylic acid groups (broad SMARTS) is 1. The van der Waals surface area contributed by atoms with Crippen molar-refractivity contribution in [2.75, 3.05) is 36.1 Å². The second-order valence-corrected chi connectivity index (χ2v) is 9.91. The number of hydrogen-bond acceptors (Lipinski definition) is 6. The first-order chi connectivity index (χ1) is 17.1. The van der Waals surface area contributed by atoms with Gasteiger partial charge in [0.25, 0.3) is 0 Å². The average molecular weight is 490 g/mol. The number of carboxylic acids is 1. The maximum atomic E-state index is 12.6. The molecule has 7 nitrogen and oxygen atoms in total. The number of anilines is 1. The average Bonchev–Trinajstić information content (AvgIpc) is 3.21. The van der Waals surface area contributed by atoms with E-state index < -0.39 is 18.1 Å². The van der Waals surface area contributed by atoms with Gasteiger partial charge < -0.3 is 20.1 Å². The molecule has 2 aromatic carbocycles. The Labute approximate surface area is 208 Å². The van der Waals surface area contributed by atoms with Gasteiger partial charge in [0.05, 0.1) is 0 Å². The minimum Gasteiger partial charge on any atom is -0.480 e. The highest BCUT2D eigenvalue weighted by Gasteiger charge is 2.30. The smallest absolute Gasteiger partial charge is 0.407 e. The molecule has 180 valence electrons. The van der Waals surface area contributed by atoms with Crippen LogP contribution in [0.15, 0.2) is 66.9 Å². The van der Waals surface area contributed by atoms with Crippen molar-refractivity contribution in [3.8, 4) is 11.1 Å². The summed E-state index contributed by atoms with van der Waals surface area (Å²) >= 11 is 1.93. The Morgan fingerprint density at radius 3 is 2.29 bits per heavy atom. The Hall–Kier alpha value is -3.52. The molecule has 1 unspecified atom stereocenters. The fourth-order valence-electron chi connectivity index (χ4n) is 4.74. The van der Waals surface area contributed by atoms with E-state index in [-0.39, 0.29) is 18.9 Å². The molecule has 1 aromatic heterocycles. The molecule has 0 radical (unpaired) electrons. The van der Waals surface area contributed by atoms with Gasteiger partial charge in [0.15, 0.2) is 0 Å². The standard InChI is InChI=1S/C27H27N3O4S/c31-26(32)24(15-18-9-10-25(28-16-18)30-11-13-35-14-12-30)29-27(33)34-17-23-21-7-3-1-5-19(21)20-6-2-4-8-22(20)23/h1-10,16,23-24H,11-15,17H2,(H,29,33)(H,31,32). The number of amides is 1. The molecule has 1 atom stereocenters. The van der Waals surface area contributed by atoms with Gasteiger partial charge in [-0.1, -0.05) is 54.6 Å². The molecule has 2 aliphatic rings. The van der Waals surface area contributed by atoms with Crippen LogP contribution in [-0.4, -0.2) is 59.4 Å². The Bertz CT molecular complexity index is 1170. The molecule has 1 aliphatic carbocycles. The Morgan fingerprint density at radius 1 is 1.03 bits per heavy atom. The van der Waals surface area contributed by atoms with E-state index in [1.165, 1.54) is 0 Å². The first-order valence-corrected chi connectivity index (χ1v) is 12.9. The van der Waals surface area contributed by atoms with Crippen LogP contribution in [-0.2, 0) is 16.0 Å². The summed E-state index contributed by atoms with van der Waals surface area (Å²) in [6, 6.07) is 18.8. The van der Waals surface area contributed by atoms with Crippen LogP contribution in [0.2, 0.25) is 0 Å². The number of ether oxygens (including phenoxy) is 1. The highest BCUT2D eigenvalue weighted by molar-refractivity contribution is 7.99. The topological polar surface area (TPSA) is 91.8 Å². The van der Waals surface area contributed by atoms with Gasteiger partial charge in [-0.05, 0) is 33.9 Å². The zero-order valence-corrected chi connectivity index (χ0v) is 20.0. The predicted octanol–water partition coefficient (Wildman–Crippen LogP) is 4.17. The normalized spacial score (nSPS) is 15.7. The number of thioether (sulfide) groups is 1. The minimum atomic E-state index is -1.12. The lowest BCUT2D eigenvalue weighted by molar-refractivity contribution is -0.139. The van der Waals surface area contributed by atoms with E-state index >= 15 is 0 Å². The highest BCUT2D eigenvalue weighted by atomic mass is 32.2. The number of aliphatic carboxylic acids is 1. The van der Waals surface area contributed by atoms with Gasteiger partial charge in [0, 0.05) is 43.1 Å². The van der Waals surface area contributed by atoms with Crippen molar-refractivity contribution in [2.24, 2.45) is 0 Å². The zero-order valence-electron chi connectivity index (χ0n) is 19.2. The summed E-state index contributed by atoms with van der Waals surface area (Å²) in [6.07, 6.45) is 1.07. The van der Waals surface area contributed by atoms with Gasteiger partial charge in [-0.15, -0.1) is 0 Å². The van der Waals surface area contributed by atoms with Crippen molar-refractivity contribution in [3.05, 3.63) is 83.6 Å². The molecule has 3 aromatic rings. The fourth-order valence-corrected chi connectivity index (χ4v) is 5.64. The summed E-state index contributed by atoms with van der Waals surface area (Å²) in [5.74, 6) is 1.85. The van der Waals surface area contributed by atoms with Crippen molar-refractivity contribution < 1.29 is 19.4 Å². The first kappa shape index (κ1) is 23.2. The molecule has 0 bridgehead atoms. The van der Waals surface area contributed by atoms with E-state index in [4.69, 9.17) is 4.74 Å². The molecule has 2 heterocycles. The molecule has 5 rings (SSSR count). The predicted molar refractivity (Wildman–Crippen MR) is 137 cm³/mol. The summed E-state index contributed by atoms with van der Waals surface area (Å²) < 4.78 is 5.52. The maximum Gasteiger partial charge on any atom is 0.407 e. The number of nitrogens with zero attached hydrogens (tertiary/aromatic N) is 2. The van der Waals surface area contributed by atoms with Gasteiger partial charge in [-0.3, -0.25) is 0 Å². The number of alkyl carbamates (subject to hydrolysis) is 1. The van der Waals surface area contributed by atoms with E-state index in [1.807, 2.05) is 60.3 Å². The second kappa shape index (κ2) is 10.4. The van der Waals surface area contributed by atoms with E-state index in [0.29, 0.717) is 0 Å². The molecule has 0 saturated carbocycles. The van der Waals surface area contributed by atoms with Gasteiger partial charge in [-0.25, -0.2) is 14.6 Å². The molecule has 1 aliphatic heterocycles. The lowest BCUT2D eigenvalue weighted by Gasteiger charge is -2.27. The lowest BCUT2D eigenvalue weighted by atomic mass is 9.98. The number of fused-ring (bicyclic) bond motifs is 3. The van der Waals surface area contributed by atoms with Crippen LogP contribution < -0.4 is 10.2 Å². The second-order valence-electron chi connectivity index (χ2n) is 8.69. The van der Waals surface area contributed by atoms with Gasteiger partial charge >= 0.3 is 12.1 Å². The number of benzene rings is 2. The molecular weight excluding hydrogens is 462 g/mol. The summed E-state index contributed by atoms with van der Waals surface area (Å²) in [7, 11) is 0. The summed E-state index contributed by atoms with van der Waals surface area (Å²) in [5.41, 5.74) is 5.23. The molecule has 1 amide bonds. The molecular formula is C27H27N3O4S. The summed E-state index contributed by atoms with van der Waals surface area (Å²) in [5, 5.41) is 12.2.